The summed E-state index contributed by atoms with van der Waals surface area (Å²) in [6.07, 6.45) is 2.48. The summed E-state index contributed by atoms with van der Waals surface area (Å²) in [6.45, 7) is 0.102. The number of rotatable bonds is 4. The minimum Gasteiger partial charge on any atom is -0.468 e. The van der Waals surface area contributed by atoms with E-state index in [2.05, 4.69) is 22.2 Å². The van der Waals surface area contributed by atoms with Crippen molar-refractivity contribution < 1.29 is 14.3 Å². The first-order valence-corrected chi connectivity index (χ1v) is 7.12. The summed E-state index contributed by atoms with van der Waals surface area (Å²) in [6, 6.07) is 8.18. The lowest BCUT2D eigenvalue weighted by atomic mass is 9.83. The third kappa shape index (κ3) is 3.51. The van der Waals surface area contributed by atoms with Crippen molar-refractivity contribution >= 4 is 23.5 Å². The van der Waals surface area contributed by atoms with E-state index < -0.39 is 11.3 Å². The number of esters is 1. The molecule has 0 bridgehead atoms. The van der Waals surface area contributed by atoms with Gasteiger partial charge in [-0.1, -0.05) is 24.3 Å². The van der Waals surface area contributed by atoms with Gasteiger partial charge >= 0.3 is 5.97 Å². The third-order valence-electron chi connectivity index (χ3n) is 3.63. The number of carbonyl (C=O) groups is 2. The van der Waals surface area contributed by atoms with Crippen LogP contribution in [0, 0.1) is 5.92 Å². The Morgan fingerprint density at radius 3 is 2.80 bits per heavy atom. The first-order valence-electron chi connectivity index (χ1n) is 6.68. The molecule has 108 valence electrons. The molecule has 1 N–H and O–H groups in total. The van der Waals surface area contributed by atoms with Gasteiger partial charge in [-0.05, 0) is 30.4 Å². The molecule has 1 amide bonds. The first kappa shape index (κ1) is 14.9. The van der Waals surface area contributed by atoms with Gasteiger partial charge in [0.05, 0.1) is 7.11 Å². The molecule has 2 unspecified atom stereocenters. The molecule has 0 aromatic heterocycles. The molecule has 0 fully saturated rings. The average molecular weight is 296 g/mol. The third-order valence-corrected chi connectivity index (χ3v) is 3.96. The van der Waals surface area contributed by atoms with Crippen molar-refractivity contribution in [3.05, 3.63) is 35.4 Å². The Morgan fingerprint density at radius 1 is 1.40 bits per heavy atom. The molecule has 4 nitrogen and oxygen atoms in total. The molecular weight excluding hydrogens is 278 g/mol. The molecule has 1 aromatic rings. The van der Waals surface area contributed by atoms with Crippen LogP contribution in [0.4, 0.5) is 0 Å². The number of alkyl halides is 1. The maximum Gasteiger partial charge on any atom is 0.325 e. The highest BCUT2D eigenvalue weighted by atomic mass is 35.5. The molecule has 0 heterocycles. The minimum absolute atomic E-state index is 0.0472. The number of carbonyl (C=O) groups excluding carboxylic acids is 2. The summed E-state index contributed by atoms with van der Waals surface area (Å²) >= 11 is 5.81. The summed E-state index contributed by atoms with van der Waals surface area (Å²) in [5.74, 6) is -0.624. The van der Waals surface area contributed by atoms with Crippen LogP contribution in [0.2, 0.25) is 0 Å². The summed E-state index contributed by atoms with van der Waals surface area (Å²) < 4.78 is 4.51. The summed E-state index contributed by atoms with van der Waals surface area (Å²) in [4.78, 5) is 23.3. The van der Waals surface area contributed by atoms with E-state index in [9.17, 15) is 9.59 Å². The fraction of sp³-hybridized carbons (Fsp3) is 0.467. The van der Waals surface area contributed by atoms with Crippen LogP contribution in [0.1, 0.15) is 17.5 Å². The number of nitrogens with one attached hydrogen (secondary N) is 1. The Kier molecular flexibility index (Phi) is 5.01. The molecule has 1 aromatic carbocycles. The predicted octanol–water partition coefficient (Wildman–Crippen LogP) is 1.69. The van der Waals surface area contributed by atoms with Crippen LogP contribution in [0.5, 0.6) is 0 Å². The maximum atomic E-state index is 12.1. The smallest absolute Gasteiger partial charge is 0.325 e. The molecule has 0 radical (unpaired) electrons. The van der Waals surface area contributed by atoms with Gasteiger partial charge in [-0.3, -0.25) is 9.59 Å². The lowest BCUT2D eigenvalue weighted by Gasteiger charge is -2.24. The predicted molar refractivity (Wildman–Crippen MR) is 76.6 cm³/mol. The van der Waals surface area contributed by atoms with E-state index >= 15 is 0 Å². The first-order chi connectivity index (χ1) is 9.61. The zero-order valence-corrected chi connectivity index (χ0v) is 12.2. The van der Waals surface area contributed by atoms with Gasteiger partial charge < -0.3 is 10.1 Å². The molecule has 0 spiro atoms. The summed E-state index contributed by atoms with van der Waals surface area (Å²) in [5, 5.41) is 1.89. The fourth-order valence-electron chi connectivity index (χ4n) is 2.47. The molecule has 5 heteroatoms. The van der Waals surface area contributed by atoms with E-state index in [1.807, 2.05) is 12.1 Å². The van der Waals surface area contributed by atoms with Crippen molar-refractivity contribution in [2.45, 2.75) is 24.6 Å². The van der Waals surface area contributed by atoms with E-state index in [0.29, 0.717) is 0 Å². The largest absolute Gasteiger partial charge is 0.468 e. The topological polar surface area (TPSA) is 55.4 Å². The van der Waals surface area contributed by atoms with Crippen LogP contribution in [0.15, 0.2) is 24.3 Å². The van der Waals surface area contributed by atoms with E-state index in [0.717, 1.165) is 19.3 Å². The van der Waals surface area contributed by atoms with E-state index in [4.69, 9.17) is 11.6 Å². The average Bonchev–Trinajstić information content (AvgIpc) is 2.50. The molecule has 1 aliphatic carbocycles. The van der Waals surface area contributed by atoms with E-state index in [-0.39, 0.29) is 18.4 Å². The lowest BCUT2D eigenvalue weighted by Crippen LogP contribution is -2.39. The second-order valence-electron chi connectivity index (χ2n) is 4.94. The Labute approximate surface area is 123 Å². The van der Waals surface area contributed by atoms with Gasteiger partial charge in [-0.25, -0.2) is 0 Å². The van der Waals surface area contributed by atoms with Crippen LogP contribution in [-0.2, 0) is 27.2 Å². The molecule has 0 aliphatic heterocycles. The Balaban J connectivity index is 1.87. The van der Waals surface area contributed by atoms with Crippen molar-refractivity contribution in [2.24, 2.45) is 5.92 Å². The van der Waals surface area contributed by atoms with E-state index in [1.165, 1.54) is 18.2 Å². The second kappa shape index (κ2) is 6.75. The molecule has 2 atom stereocenters. The number of fused-ring (bicyclic) bond motifs is 1. The number of amides is 1. The second-order valence-corrected chi connectivity index (χ2v) is 5.47. The van der Waals surface area contributed by atoms with Gasteiger partial charge in [0, 0.05) is 12.5 Å². The van der Waals surface area contributed by atoms with Gasteiger partial charge in [0.1, 0.15) is 5.38 Å². The highest BCUT2D eigenvalue weighted by Crippen LogP contribution is 2.25. The van der Waals surface area contributed by atoms with Crippen molar-refractivity contribution in [3.8, 4) is 0 Å². The molecule has 20 heavy (non-hydrogen) atoms. The number of hydrogen-bond donors (Lipinski definition) is 1. The van der Waals surface area contributed by atoms with Crippen molar-refractivity contribution in [1.29, 1.82) is 0 Å². The number of halogens is 1. The van der Waals surface area contributed by atoms with Crippen LogP contribution in [0.25, 0.3) is 0 Å². The van der Waals surface area contributed by atoms with Crippen LogP contribution in [-0.4, -0.2) is 30.9 Å². The van der Waals surface area contributed by atoms with Gasteiger partial charge in [0.25, 0.3) is 0 Å². The van der Waals surface area contributed by atoms with Crippen molar-refractivity contribution in [3.63, 3.8) is 0 Å². The van der Waals surface area contributed by atoms with Gasteiger partial charge in [0.2, 0.25) is 5.91 Å². The molecule has 0 saturated carbocycles. The highest BCUT2D eigenvalue weighted by Gasteiger charge is 2.25. The SMILES string of the molecule is COC(=O)C(Cl)CNC(=O)C1CCc2ccccc2C1. The van der Waals surface area contributed by atoms with E-state index in [1.54, 1.807) is 0 Å². The number of aryl methyl sites for hydroxylation is 1. The quantitative estimate of drug-likeness (QED) is 0.679. The zero-order valence-electron chi connectivity index (χ0n) is 11.4. The van der Waals surface area contributed by atoms with Gasteiger partial charge in [-0.15, -0.1) is 11.6 Å². The number of ether oxygens (including phenoxy) is 1. The Hall–Kier alpha value is -1.55. The van der Waals surface area contributed by atoms with Crippen molar-refractivity contribution in [2.75, 3.05) is 13.7 Å². The van der Waals surface area contributed by atoms with Gasteiger partial charge in [0.15, 0.2) is 0 Å². The summed E-state index contributed by atoms with van der Waals surface area (Å²) in [7, 11) is 1.28. The van der Waals surface area contributed by atoms with Crippen LogP contribution < -0.4 is 5.32 Å². The van der Waals surface area contributed by atoms with Crippen LogP contribution in [0.3, 0.4) is 0 Å². The number of hydrogen-bond acceptors (Lipinski definition) is 3. The maximum absolute atomic E-state index is 12.1. The fourth-order valence-corrected chi connectivity index (χ4v) is 2.63. The standard InChI is InChI=1S/C15H18ClNO3/c1-20-15(19)13(16)9-17-14(18)12-7-6-10-4-2-3-5-11(10)8-12/h2-5,12-13H,6-9H2,1H3,(H,17,18). The zero-order chi connectivity index (χ0) is 14.5. The normalized spacial score (nSPS) is 18.8. The number of methoxy groups -OCH3 is 1. The Bertz CT molecular complexity index is 504. The highest BCUT2D eigenvalue weighted by molar-refractivity contribution is 6.30. The summed E-state index contributed by atoms with van der Waals surface area (Å²) in [5.41, 5.74) is 2.55. The minimum atomic E-state index is -0.833. The molecule has 1 aliphatic rings. The monoisotopic (exact) mass is 295 g/mol. The molecular formula is C15H18ClNO3. The molecule has 0 saturated heterocycles. The lowest BCUT2D eigenvalue weighted by molar-refractivity contribution is -0.140. The van der Waals surface area contributed by atoms with Crippen LogP contribution >= 0.6 is 11.6 Å². The Morgan fingerprint density at radius 2 is 2.10 bits per heavy atom. The van der Waals surface area contributed by atoms with Gasteiger partial charge in [-0.2, -0.15) is 0 Å². The molecule has 2 rings (SSSR count). The van der Waals surface area contributed by atoms with Crippen molar-refractivity contribution in [1.82, 2.24) is 5.32 Å². The number of benzene rings is 1.